The molecule has 0 aliphatic heterocycles. The lowest BCUT2D eigenvalue weighted by molar-refractivity contribution is -0.115. The van der Waals surface area contributed by atoms with E-state index in [1.54, 1.807) is 13.8 Å². The Balaban J connectivity index is 2.07. The Hall–Kier alpha value is -2.15. The predicted octanol–water partition coefficient (Wildman–Crippen LogP) is 2.21. The Morgan fingerprint density at radius 2 is 2.00 bits per heavy atom. The molecule has 0 radical (unpaired) electrons. The number of hydrogen-bond acceptors (Lipinski definition) is 5. The number of hydrogen-bond donors (Lipinski definition) is 2. The molecule has 7 heteroatoms. The number of aromatic nitrogens is 3. The highest BCUT2D eigenvalue weighted by Crippen LogP contribution is 2.21. The standard InChI is InChI=1S/C15H18N4O2S/c1-8-5-6-9(2)12(7-8)16-14(21)11(4)22-15-17-13(20)10(3)18-19-15/h5-7,11H,1-4H3,(H,16,21)(H,17,19,20). The lowest BCUT2D eigenvalue weighted by Gasteiger charge is -2.13. The van der Waals surface area contributed by atoms with E-state index in [-0.39, 0.29) is 11.5 Å². The number of carbonyl (C=O) groups excluding carboxylic acids is 1. The maximum Gasteiger partial charge on any atom is 0.273 e. The van der Waals surface area contributed by atoms with E-state index in [0.717, 1.165) is 28.6 Å². The summed E-state index contributed by atoms with van der Waals surface area (Å²) >= 11 is 1.16. The SMILES string of the molecule is Cc1ccc(C)c(NC(=O)C(C)Sc2nnc(C)c(=O)[nH]2)c1. The van der Waals surface area contributed by atoms with Crippen molar-refractivity contribution in [3.05, 3.63) is 45.4 Å². The van der Waals surface area contributed by atoms with Crippen molar-refractivity contribution in [1.29, 1.82) is 0 Å². The highest BCUT2D eigenvalue weighted by molar-refractivity contribution is 8.00. The van der Waals surface area contributed by atoms with Crippen LogP contribution in [0, 0.1) is 20.8 Å². The molecule has 2 aromatic rings. The van der Waals surface area contributed by atoms with Gasteiger partial charge in [0.25, 0.3) is 5.56 Å². The molecule has 1 atom stereocenters. The average Bonchev–Trinajstić information content (AvgIpc) is 2.46. The van der Waals surface area contributed by atoms with Crippen molar-refractivity contribution in [3.63, 3.8) is 0 Å². The zero-order valence-electron chi connectivity index (χ0n) is 12.9. The number of nitrogens with zero attached hydrogens (tertiary/aromatic N) is 2. The van der Waals surface area contributed by atoms with Crippen LogP contribution in [-0.4, -0.2) is 26.3 Å². The van der Waals surface area contributed by atoms with E-state index < -0.39 is 5.25 Å². The number of rotatable bonds is 4. The maximum absolute atomic E-state index is 12.3. The van der Waals surface area contributed by atoms with E-state index in [9.17, 15) is 9.59 Å². The molecule has 0 fully saturated rings. The van der Waals surface area contributed by atoms with E-state index >= 15 is 0 Å². The quantitative estimate of drug-likeness (QED) is 0.844. The molecule has 0 aliphatic rings. The summed E-state index contributed by atoms with van der Waals surface area (Å²) in [6.07, 6.45) is 0. The van der Waals surface area contributed by atoms with Crippen molar-refractivity contribution in [2.24, 2.45) is 0 Å². The van der Waals surface area contributed by atoms with Crippen LogP contribution in [-0.2, 0) is 4.79 Å². The Bertz CT molecular complexity index is 757. The minimum absolute atomic E-state index is 0.151. The van der Waals surface area contributed by atoms with Crippen LogP contribution in [0.1, 0.15) is 23.7 Å². The van der Waals surface area contributed by atoms with Gasteiger partial charge in [0, 0.05) is 5.69 Å². The van der Waals surface area contributed by atoms with E-state index in [2.05, 4.69) is 20.5 Å². The molecule has 1 aromatic heterocycles. The van der Waals surface area contributed by atoms with Crippen molar-refractivity contribution < 1.29 is 4.79 Å². The fourth-order valence-electron chi connectivity index (χ4n) is 1.76. The van der Waals surface area contributed by atoms with Gasteiger partial charge in [-0.1, -0.05) is 23.9 Å². The summed E-state index contributed by atoms with van der Waals surface area (Å²) in [5.74, 6) is -0.151. The molecule has 2 rings (SSSR count). The van der Waals surface area contributed by atoms with E-state index in [1.807, 2.05) is 32.0 Å². The molecule has 0 bridgehead atoms. The third kappa shape index (κ3) is 3.94. The number of aryl methyl sites for hydroxylation is 3. The van der Waals surface area contributed by atoms with Crippen LogP contribution in [0.3, 0.4) is 0 Å². The second kappa shape index (κ2) is 6.74. The van der Waals surface area contributed by atoms with Gasteiger partial charge in [-0.15, -0.1) is 10.2 Å². The molecule has 22 heavy (non-hydrogen) atoms. The number of amides is 1. The van der Waals surface area contributed by atoms with Crippen molar-refractivity contribution >= 4 is 23.4 Å². The van der Waals surface area contributed by atoms with Crippen LogP contribution < -0.4 is 10.9 Å². The highest BCUT2D eigenvalue weighted by Gasteiger charge is 2.17. The number of aromatic amines is 1. The van der Waals surface area contributed by atoms with Gasteiger partial charge in [0.15, 0.2) is 5.16 Å². The minimum Gasteiger partial charge on any atom is -0.325 e. The number of benzene rings is 1. The minimum atomic E-state index is -0.410. The van der Waals surface area contributed by atoms with Crippen LogP contribution >= 0.6 is 11.8 Å². The van der Waals surface area contributed by atoms with E-state index in [1.165, 1.54) is 0 Å². The van der Waals surface area contributed by atoms with Crippen LogP contribution in [0.15, 0.2) is 28.2 Å². The third-order valence-corrected chi connectivity index (χ3v) is 4.12. The first-order valence-electron chi connectivity index (χ1n) is 6.85. The fraction of sp³-hybridized carbons (Fsp3) is 0.333. The van der Waals surface area contributed by atoms with Gasteiger partial charge in [-0.3, -0.25) is 14.6 Å². The van der Waals surface area contributed by atoms with E-state index in [0.29, 0.717) is 10.9 Å². The zero-order valence-corrected chi connectivity index (χ0v) is 13.7. The molecule has 0 aliphatic carbocycles. The number of carbonyl (C=O) groups is 1. The summed E-state index contributed by atoms with van der Waals surface area (Å²) in [5.41, 5.74) is 2.88. The Morgan fingerprint density at radius 1 is 1.27 bits per heavy atom. The van der Waals surface area contributed by atoms with Gasteiger partial charge < -0.3 is 5.32 Å². The topological polar surface area (TPSA) is 87.7 Å². The second-order valence-electron chi connectivity index (χ2n) is 5.11. The summed E-state index contributed by atoms with van der Waals surface area (Å²) in [6.45, 7) is 7.25. The van der Waals surface area contributed by atoms with Crippen molar-refractivity contribution in [2.75, 3.05) is 5.32 Å². The first kappa shape index (κ1) is 16.2. The van der Waals surface area contributed by atoms with E-state index in [4.69, 9.17) is 0 Å². The van der Waals surface area contributed by atoms with Gasteiger partial charge in [-0.2, -0.15) is 0 Å². The third-order valence-electron chi connectivity index (χ3n) is 3.15. The molecular formula is C15H18N4O2S. The van der Waals surface area contributed by atoms with Gasteiger partial charge in [-0.05, 0) is 44.9 Å². The zero-order chi connectivity index (χ0) is 16.3. The van der Waals surface area contributed by atoms with Crippen molar-refractivity contribution in [2.45, 2.75) is 38.1 Å². The highest BCUT2D eigenvalue weighted by atomic mass is 32.2. The molecule has 6 nitrogen and oxygen atoms in total. The number of thioether (sulfide) groups is 1. The first-order chi connectivity index (χ1) is 10.4. The monoisotopic (exact) mass is 318 g/mol. The molecule has 1 unspecified atom stereocenters. The molecule has 0 saturated carbocycles. The predicted molar refractivity (Wildman–Crippen MR) is 87.3 cm³/mol. The van der Waals surface area contributed by atoms with Gasteiger partial charge in [-0.25, -0.2) is 0 Å². The van der Waals surface area contributed by atoms with Crippen LogP contribution in [0.25, 0.3) is 0 Å². The molecule has 1 aromatic carbocycles. The number of anilines is 1. The molecular weight excluding hydrogens is 300 g/mol. The summed E-state index contributed by atoms with van der Waals surface area (Å²) in [4.78, 5) is 26.4. The lowest BCUT2D eigenvalue weighted by Crippen LogP contribution is -2.24. The van der Waals surface area contributed by atoms with Crippen LogP contribution in [0.2, 0.25) is 0 Å². The largest absolute Gasteiger partial charge is 0.325 e. The summed E-state index contributed by atoms with van der Waals surface area (Å²) < 4.78 is 0. The molecule has 1 heterocycles. The van der Waals surface area contributed by atoms with Crippen molar-refractivity contribution in [3.8, 4) is 0 Å². The Morgan fingerprint density at radius 3 is 2.68 bits per heavy atom. The van der Waals surface area contributed by atoms with Gasteiger partial charge in [0.1, 0.15) is 5.69 Å². The van der Waals surface area contributed by atoms with Crippen LogP contribution in [0.5, 0.6) is 0 Å². The summed E-state index contributed by atoms with van der Waals surface area (Å²) in [7, 11) is 0. The van der Waals surface area contributed by atoms with Gasteiger partial charge in [0.2, 0.25) is 5.91 Å². The number of H-pyrrole nitrogens is 1. The second-order valence-corrected chi connectivity index (χ2v) is 6.44. The first-order valence-corrected chi connectivity index (χ1v) is 7.73. The molecule has 1 amide bonds. The van der Waals surface area contributed by atoms with Crippen molar-refractivity contribution in [1.82, 2.24) is 15.2 Å². The molecule has 0 spiro atoms. The molecule has 116 valence electrons. The summed E-state index contributed by atoms with van der Waals surface area (Å²) in [5, 5.41) is 10.5. The lowest BCUT2D eigenvalue weighted by atomic mass is 10.1. The average molecular weight is 318 g/mol. The summed E-state index contributed by atoms with van der Waals surface area (Å²) in [6, 6.07) is 5.89. The van der Waals surface area contributed by atoms with Crippen LogP contribution in [0.4, 0.5) is 5.69 Å². The maximum atomic E-state index is 12.3. The Kier molecular flexibility index (Phi) is 4.97. The van der Waals surface area contributed by atoms with Gasteiger partial charge in [0.05, 0.1) is 5.25 Å². The smallest absolute Gasteiger partial charge is 0.273 e. The van der Waals surface area contributed by atoms with Gasteiger partial charge >= 0.3 is 0 Å². The normalized spacial score (nSPS) is 12.0. The molecule has 2 N–H and O–H groups in total. The molecule has 0 saturated heterocycles. The fourth-order valence-corrected chi connectivity index (χ4v) is 2.50. The Labute approximate surface area is 132 Å². The number of nitrogens with one attached hydrogen (secondary N) is 2.